The van der Waals surface area contributed by atoms with E-state index in [4.69, 9.17) is 19.4 Å². The fourth-order valence-corrected chi connectivity index (χ4v) is 3.56. The lowest BCUT2D eigenvalue weighted by Crippen LogP contribution is -2.82. The van der Waals surface area contributed by atoms with Gasteiger partial charge in [-0.2, -0.15) is 0 Å². The third kappa shape index (κ3) is 3.01. The third-order valence-electron chi connectivity index (χ3n) is 4.92. The van der Waals surface area contributed by atoms with E-state index < -0.39 is 40.8 Å². The lowest BCUT2D eigenvalue weighted by molar-refractivity contribution is -0.240. The topological polar surface area (TPSA) is 159 Å². The van der Waals surface area contributed by atoms with E-state index in [1.54, 1.807) is 13.8 Å². The molecule has 4 heterocycles. The number of fused-ring (bicyclic) bond motifs is 5. The molecule has 0 saturated carbocycles. The summed E-state index contributed by atoms with van der Waals surface area (Å²) in [6.45, 7) is 4.68. The Labute approximate surface area is 155 Å². The Hall–Kier alpha value is -2.05. The highest BCUT2D eigenvalue weighted by Gasteiger charge is 2.65. The molecule has 5 N–H and O–H groups in total. The molecule has 11 nitrogen and oxygen atoms in total. The first kappa shape index (κ1) is 19.7. The molecule has 4 fully saturated rings. The van der Waals surface area contributed by atoms with Gasteiger partial charge in [0.1, 0.15) is 11.7 Å². The van der Waals surface area contributed by atoms with Gasteiger partial charge in [-0.05, 0) is 38.8 Å². The molecule has 4 aliphatic heterocycles. The van der Waals surface area contributed by atoms with Gasteiger partial charge >= 0.3 is 0 Å². The lowest BCUT2D eigenvalue weighted by atomic mass is 9.84. The van der Waals surface area contributed by atoms with Gasteiger partial charge in [-0.25, -0.2) is 0 Å². The first-order valence-corrected chi connectivity index (χ1v) is 8.40. The molecule has 0 radical (unpaired) electrons. The summed E-state index contributed by atoms with van der Waals surface area (Å²) in [6.07, 6.45) is 0.544. The van der Waals surface area contributed by atoms with Crippen molar-refractivity contribution in [2.45, 2.75) is 56.1 Å². The smallest absolute Gasteiger partial charge is 0.280 e. The van der Waals surface area contributed by atoms with Crippen LogP contribution in [-0.2, 0) is 23.8 Å². The van der Waals surface area contributed by atoms with E-state index in [1.165, 1.54) is 13.0 Å². The van der Waals surface area contributed by atoms with Gasteiger partial charge in [0.15, 0.2) is 5.79 Å². The summed E-state index contributed by atoms with van der Waals surface area (Å²) in [6, 6.07) is 0. The number of carbonyl (C=O) groups excluding carboxylic acids is 2. The maximum absolute atomic E-state index is 12.8. The van der Waals surface area contributed by atoms with Crippen LogP contribution in [0.4, 0.5) is 0 Å². The van der Waals surface area contributed by atoms with Gasteiger partial charge in [-0.3, -0.25) is 9.59 Å². The number of piperazine rings is 1. The van der Waals surface area contributed by atoms with Crippen molar-refractivity contribution < 1.29 is 39.2 Å². The molecule has 2 bridgehead atoms. The average Bonchev–Trinajstić information content (AvgIpc) is 2.87. The van der Waals surface area contributed by atoms with Crippen molar-refractivity contribution in [1.82, 2.24) is 10.6 Å². The Morgan fingerprint density at radius 3 is 2.48 bits per heavy atom. The van der Waals surface area contributed by atoms with Crippen molar-refractivity contribution in [3.8, 4) is 0 Å². The highest BCUT2D eigenvalue weighted by Crippen LogP contribution is 2.40. The van der Waals surface area contributed by atoms with Crippen LogP contribution in [-0.4, -0.2) is 75.6 Å². The molecule has 0 aromatic rings. The number of oxime groups is 1. The molecule has 4 aliphatic rings. The summed E-state index contributed by atoms with van der Waals surface area (Å²) in [4.78, 5) is 25.5. The Balaban J connectivity index is 1.97. The molecule has 4 saturated heterocycles. The van der Waals surface area contributed by atoms with Gasteiger partial charge in [-0.1, -0.05) is 5.16 Å². The Morgan fingerprint density at radius 2 is 1.89 bits per heavy atom. The molecule has 11 heteroatoms. The van der Waals surface area contributed by atoms with E-state index in [9.17, 15) is 19.8 Å². The SMILES string of the molecule is CC1(C)OC[C@@](C)([C@@H](O)[C@@]23NC(=O)[C@@](O)(NC2=O)/C(=C/C=N/O)CCO3)O1. The summed E-state index contributed by atoms with van der Waals surface area (Å²) >= 11 is 0. The number of allylic oxidation sites excluding steroid dienone is 1. The van der Waals surface area contributed by atoms with Crippen molar-refractivity contribution in [3.63, 3.8) is 0 Å². The minimum Gasteiger partial charge on any atom is -0.411 e. The van der Waals surface area contributed by atoms with Gasteiger partial charge in [0, 0.05) is 0 Å². The van der Waals surface area contributed by atoms with E-state index >= 15 is 0 Å². The second kappa shape index (κ2) is 6.24. The van der Waals surface area contributed by atoms with Crippen LogP contribution in [0.15, 0.2) is 16.8 Å². The monoisotopic (exact) mass is 385 g/mol. The molecule has 2 amide bonds. The molecule has 0 unspecified atom stereocenters. The van der Waals surface area contributed by atoms with Crippen LogP contribution in [0.2, 0.25) is 0 Å². The lowest BCUT2D eigenvalue weighted by Gasteiger charge is -2.50. The summed E-state index contributed by atoms with van der Waals surface area (Å²) in [5.41, 5.74) is -5.83. The van der Waals surface area contributed by atoms with E-state index in [0.29, 0.717) is 0 Å². The summed E-state index contributed by atoms with van der Waals surface area (Å²) in [5, 5.41) is 37.5. The second-order valence-corrected chi connectivity index (χ2v) is 7.41. The van der Waals surface area contributed by atoms with Crippen LogP contribution < -0.4 is 10.6 Å². The number of aliphatic hydroxyl groups excluding tert-OH is 1. The van der Waals surface area contributed by atoms with E-state index in [2.05, 4.69) is 15.8 Å². The van der Waals surface area contributed by atoms with Crippen molar-refractivity contribution in [1.29, 1.82) is 0 Å². The fourth-order valence-electron chi connectivity index (χ4n) is 3.56. The van der Waals surface area contributed by atoms with Crippen LogP contribution in [0.25, 0.3) is 0 Å². The second-order valence-electron chi connectivity index (χ2n) is 7.41. The highest BCUT2D eigenvalue weighted by atomic mass is 16.8. The zero-order chi connectivity index (χ0) is 20.1. The normalized spacial score (nSPS) is 41.3. The molecule has 27 heavy (non-hydrogen) atoms. The van der Waals surface area contributed by atoms with Gasteiger partial charge in [0.2, 0.25) is 5.72 Å². The fraction of sp³-hybridized carbons (Fsp3) is 0.688. The van der Waals surface area contributed by atoms with Crippen molar-refractivity contribution in [3.05, 3.63) is 11.6 Å². The predicted molar refractivity (Wildman–Crippen MR) is 88.4 cm³/mol. The Bertz CT molecular complexity index is 722. The number of hydrogen-bond donors (Lipinski definition) is 5. The van der Waals surface area contributed by atoms with Crippen molar-refractivity contribution >= 4 is 18.0 Å². The van der Waals surface area contributed by atoms with Gasteiger partial charge in [0.05, 0.1) is 19.4 Å². The van der Waals surface area contributed by atoms with Crippen LogP contribution >= 0.6 is 0 Å². The average molecular weight is 385 g/mol. The first-order chi connectivity index (χ1) is 12.5. The maximum atomic E-state index is 12.8. The van der Waals surface area contributed by atoms with E-state index in [1.807, 2.05) is 0 Å². The number of ether oxygens (including phenoxy) is 3. The van der Waals surface area contributed by atoms with Gasteiger partial charge in [-0.15, -0.1) is 0 Å². The molecule has 0 aromatic heterocycles. The van der Waals surface area contributed by atoms with Crippen LogP contribution in [0, 0.1) is 0 Å². The molecule has 0 spiro atoms. The summed E-state index contributed by atoms with van der Waals surface area (Å²) < 4.78 is 16.9. The van der Waals surface area contributed by atoms with E-state index in [-0.39, 0.29) is 25.2 Å². The number of aliphatic hydroxyl groups is 2. The largest absolute Gasteiger partial charge is 0.411 e. The summed E-state index contributed by atoms with van der Waals surface area (Å²) in [7, 11) is 0. The van der Waals surface area contributed by atoms with Crippen molar-refractivity contribution in [2.75, 3.05) is 13.2 Å². The molecule has 0 aromatic carbocycles. The zero-order valence-corrected chi connectivity index (χ0v) is 15.2. The van der Waals surface area contributed by atoms with Gasteiger partial charge < -0.3 is 40.3 Å². The standard InChI is InChI=1S/C16H23N3O8/c1-13(2)26-8-14(3,27-13)10(20)16-12(22)18-15(23,11(21)19-16)9(4-6-17-24)5-7-25-16/h4,6,10,20,23-24H,5,7-8H2,1-3H3,(H,18,22)(H,19,21)/b9-4+,17-6+/t10-,14+,15-,16+/m1/s1. The molecule has 4 atom stereocenters. The number of hydrogen-bond acceptors (Lipinski definition) is 9. The molecule has 150 valence electrons. The van der Waals surface area contributed by atoms with Gasteiger partial charge in [0.25, 0.3) is 17.5 Å². The Morgan fingerprint density at radius 1 is 1.19 bits per heavy atom. The minimum atomic E-state index is -2.36. The predicted octanol–water partition coefficient (Wildman–Crippen LogP) is -1.67. The quantitative estimate of drug-likeness (QED) is 0.219. The number of amides is 2. The number of carbonyl (C=O) groups is 2. The Kier molecular flexibility index (Phi) is 4.56. The number of nitrogens with one attached hydrogen (secondary N) is 2. The molecular weight excluding hydrogens is 362 g/mol. The van der Waals surface area contributed by atoms with Crippen LogP contribution in [0.1, 0.15) is 27.2 Å². The van der Waals surface area contributed by atoms with Crippen LogP contribution in [0.3, 0.4) is 0 Å². The highest BCUT2D eigenvalue weighted by molar-refractivity contribution is 6.03. The molecule has 4 rings (SSSR count). The summed E-state index contributed by atoms with van der Waals surface area (Å²) in [5.74, 6) is -2.94. The number of nitrogens with zero attached hydrogens (tertiary/aromatic N) is 1. The third-order valence-corrected chi connectivity index (χ3v) is 4.92. The zero-order valence-electron chi connectivity index (χ0n) is 15.2. The van der Waals surface area contributed by atoms with Crippen molar-refractivity contribution in [2.24, 2.45) is 5.16 Å². The first-order valence-electron chi connectivity index (χ1n) is 8.40. The minimum absolute atomic E-state index is 0.0320. The maximum Gasteiger partial charge on any atom is 0.280 e. The van der Waals surface area contributed by atoms with E-state index in [0.717, 1.165) is 6.21 Å². The molecule has 0 aliphatic carbocycles. The number of rotatable bonds is 3. The van der Waals surface area contributed by atoms with Crippen LogP contribution in [0.5, 0.6) is 0 Å². The molecular formula is C16H23N3O8.